The van der Waals surface area contributed by atoms with Crippen LogP contribution in [0.2, 0.25) is 0 Å². The molecule has 0 aliphatic carbocycles. The number of aromatic amines is 1. The van der Waals surface area contributed by atoms with E-state index in [4.69, 9.17) is 4.74 Å². The fourth-order valence-electron chi connectivity index (χ4n) is 3.45. The molecule has 0 atom stereocenters. The number of halogens is 1. The van der Waals surface area contributed by atoms with E-state index >= 15 is 0 Å². The van der Waals surface area contributed by atoms with Crippen LogP contribution in [0.3, 0.4) is 0 Å². The lowest BCUT2D eigenvalue weighted by Gasteiger charge is -2.35. The molecule has 4 rings (SSSR count). The highest BCUT2D eigenvalue weighted by molar-refractivity contribution is 7.22. The summed E-state index contributed by atoms with van der Waals surface area (Å²) in [6.45, 7) is 8.52. The van der Waals surface area contributed by atoms with Gasteiger partial charge in [-0.2, -0.15) is 0 Å². The number of rotatable bonds is 3. The predicted molar refractivity (Wildman–Crippen MR) is 119 cm³/mol. The number of ether oxygens (including phenoxy) is 1. The SMILES string of the molecule is CC(C)(C)OC(=O)N1CCN(Cc2nc3cc(-c4ccc(F)cc4)sc3c(=O)[nH]2)CC1. The molecule has 0 bridgehead atoms. The summed E-state index contributed by atoms with van der Waals surface area (Å²) in [6.07, 6.45) is -0.299. The maximum Gasteiger partial charge on any atom is 0.410 e. The van der Waals surface area contributed by atoms with E-state index in [1.807, 2.05) is 26.8 Å². The molecule has 1 aromatic carbocycles. The van der Waals surface area contributed by atoms with Crippen LogP contribution < -0.4 is 5.56 Å². The van der Waals surface area contributed by atoms with Crippen LogP contribution in [0.5, 0.6) is 0 Å². The van der Waals surface area contributed by atoms with Crippen molar-refractivity contribution < 1.29 is 13.9 Å². The molecule has 2 aromatic heterocycles. The molecule has 1 fully saturated rings. The summed E-state index contributed by atoms with van der Waals surface area (Å²) in [7, 11) is 0. The Morgan fingerprint density at radius 2 is 1.87 bits per heavy atom. The second-order valence-electron chi connectivity index (χ2n) is 8.59. The van der Waals surface area contributed by atoms with Crippen molar-refractivity contribution in [3.63, 3.8) is 0 Å². The summed E-state index contributed by atoms with van der Waals surface area (Å²) in [5.41, 5.74) is 0.796. The van der Waals surface area contributed by atoms with Gasteiger partial charge in [-0.3, -0.25) is 9.69 Å². The van der Waals surface area contributed by atoms with Gasteiger partial charge in [-0.1, -0.05) is 12.1 Å². The molecule has 9 heteroatoms. The molecule has 0 saturated carbocycles. The summed E-state index contributed by atoms with van der Waals surface area (Å²) < 4.78 is 19.2. The fourth-order valence-corrected chi connectivity index (χ4v) is 4.44. The molecule has 1 aliphatic heterocycles. The summed E-state index contributed by atoms with van der Waals surface area (Å²) in [5, 5.41) is 0. The minimum absolute atomic E-state index is 0.175. The van der Waals surface area contributed by atoms with Crippen molar-refractivity contribution in [3.8, 4) is 10.4 Å². The number of thiophene rings is 1. The van der Waals surface area contributed by atoms with Crippen LogP contribution in [0.25, 0.3) is 20.7 Å². The second kappa shape index (κ2) is 8.39. The molecule has 1 aliphatic rings. The Bertz CT molecular complexity index is 1140. The molecule has 1 amide bonds. The third kappa shape index (κ3) is 5.11. The summed E-state index contributed by atoms with van der Waals surface area (Å²) in [6, 6.07) is 8.06. The van der Waals surface area contributed by atoms with Gasteiger partial charge in [0.25, 0.3) is 5.56 Å². The number of carbonyl (C=O) groups is 1. The van der Waals surface area contributed by atoms with E-state index in [1.165, 1.54) is 23.5 Å². The maximum atomic E-state index is 13.2. The van der Waals surface area contributed by atoms with E-state index in [-0.39, 0.29) is 17.5 Å². The zero-order valence-electron chi connectivity index (χ0n) is 17.8. The van der Waals surface area contributed by atoms with E-state index in [1.54, 1.807) is 17.0 Å². The zero-order chi connectivity index (χ0) is 22.2. The van der Waals surface area contributed by atoms with Crippen molar-refractivity contribution in [2.75, 3.05) is 26.2 Å². The van der Waals surface area contributed by atoms with Gasteiger partial charge in [0, 0.05) is 31.1 Å². The second-order valence-corrected chi connectivity index (χ2v) is 9.64. The maximum absolute atomic E-state index is 13.2. The van der Waals surface area contributed by atoms with Crippen LogP contribution in [0.4, 0.5) is 9.18 Å². The van der Waals surface area contributed by atoms with Gasteiger partial charge in [-0.25, -0.2) is 14.2 Å². The van der Waals surface area contributed by atoms with E-state index in [0.29, 0.717) is 48.8 Å². The molecule has 0 spiro atoms. The van der Waals surface area contributed by atoms with Gasteiger partial charge >= 0.3 is 6.09 Å². The standard InChI is InChI=1S/C22H25FN4O3S/c1-22(2,3)30-21(29)27-10-8-26(9-11-27)13-18-24-16-12-17(31-19(16)20(28)25-18)14-4-6-15(23)7-5-14/h4-7,12H,8-11,13H2,1-3H3,(H,24,25,28). The average Bonchev–Trinajstić information content (AvgIpc) is 3.12. The summed E-state index contributed by atoms with van der Waals surface area (Å²) >= 11 is 1.35. The van der Waals surface area contributed by atoms with E-state index in [9.17, 15) is 14.0 Å². The number of aromatic nitrogens is 2. The molecule has 31 heavy (non-hydrogen) atoms. The number of fused-ring (bicyclic) bond motifs is 1. The number of nitrogens with zero attached hydrogens (tertiary/aromatic N) is 3. The highest BCUT2D eigenvalue weighted by atomic mass is 32.1. The van der Waals surface area contributed by atoms with Crippen molar-refractivity contribution >= 4 is 27.6 Å². The number of hydrogen-bond donors (Lipinski definition) is 1. The normalized spacial score (nSPS) is 15.4. The predicted octanol–water partition coefficient (Wildman–Crippen LogP) is 3.84. The molecule has 0 radical (unpaired) electrons. The minimum atomic E-state index is -0.514. The van der Waals surface area contributed by atoms with Crippen LogP contribution in [0.1, 0.15) is 26.6 Å². The lowest BCUT2D eigenvalue weighted by Crippen LogP contribution is -2.49. The van der Waals surface area contributed by atoms with Gasteiger partial charge in [-0.15, -0.1) is 11.3 Å². The molecule has 1 saturated heterocycles. The largest absolute Gasteiger partial charge is 0.444 e. The van der Waals surface area contributed by atoms with Gasteiger partial charge in [0.15, 0.2) is 0 Å². The van der Waals surface area contributed by atoms with Crippen LogP contribution in [0.15, 0.2) is 35.1 Å². The van der Waals surface area contributed by atoms with E-state index in [0.717, 1.165) is 10.4 Å². The lowest BCUT2D eigenvalue weighted by molar-refractivity contribution is 0.0137. The van der Waals surface area contributed by atoms with Crippen molar-refractivity contribution in [2.45, 2.75) is 32.9 Å². The van der Waals surface area contributed by atoms with Crippen molar-refractivity contribution in [3.05, 3.63) is 52.3 Å². The molecule has 0 unspecified atom stereocenters. The quantitative estimate of drug-likeness (QED) is 0.664. The first kappa shape index (κ1) is 21.5. The van der Waals surface area contributed by atoms with Gasteiger partial charge < -0.3 is 14.6 Å². The first-order valence-electron chi connectivity index (χ1n) is 10.2. The third-order valence-corrected chi connectivity index (χ3v) is 6.13. The Balaban J connectivity index is 1.44. The smallest absolute Gasteiger partial charge is 0.410 e. The Labute approximate surface area is 183 Å². The zero-order valence-corrected chi connectivity index (χ0v) is 18.6. The van der Waals surface area contributed by atoms with Crippen molar-refractivity contribution in [1.29, 1.82) is 0 Å². The Hall–Kier alpha value is -2.78. The first-order chi connectivity index (χ1) is 14.7. The molecule has 3 heterocycles. The highest BCUT2D eigenvalue weighted by Crippen LogP contribution is 2.31. The highest BCUT2D eigenvalue weighted by Gasteiger charge is 2.26. The molecule has 7 nitrogen and oxygen atoms in total. The van der Waals surface area contributed by atoms with E-state index in [2.05, 4.69) is 14.9 Å². The average molecular weight is 445 g/mol. The molecule has 1 N–H and O–H groups in total. The summed E-state index contributed by atoms with van der Waals surface area (Å²) in [5.74, 6) is 0.293. The monoisotopic (exact) mass is 444 g/mol. The van der Waals surface area contributed by atoms with Gasteiger partial charge in [0.05, 0.1) is 12.1 Å². The number of benzene rings is 1. The lowest BCUT2D eigenvalue weighted by atomic mass is 10.2. The number of hydrogen-bond acceptors (Lipinski definition) is 6. The minimum Gasteiger partial charge on any atom is -0.444 e. The third-order valence-electron chi connectivity index (χ3n) is 4.96. The number of amides is 1. The van der Waals surface area contributed by atoms with Crippen LogP contribution >= 0.6 is 11.3 Å². The van der Waals surface area contributed by atoms with Crippen LogP contribution in [-0.2, 0) is 11.3 Å². The van der Waals surface area contributed by atoms with Gasteiger partial charge in [0.1, 0.15) is 21.9 Å². The molecular formula is C22H25FN4O3S. The number of piperazine rings is 1. The van der Waals surface area contributed by atoms with Crippen LogP contribution in [-0.4, -0.2) is 57.6 Å². The number of H-pyrrole nitrogens is 1. The number of carbonyl (C=O) groups excluding carboxylic acids is 1. The Morgan fingerprint density at radius 3 is 2.52 bits per heavy atom. The first-order valence-corrected chi connectivity index (χ1v) is 11.0. The summed E-state index contributed by atoms with van der Waals surface area (Å²) in [4.78, 5) is 37.0. The molecule has 164 valence electrons. The molecular weight excluding hydrogens is 419 g/mol. The van der Waals surface area contributed by atoms with Gasteiger partial charge in [-0.05, 0) is 44.5 Å². The van der Waals surface area contributed by atoms with Crippen molar-refractivity contribution in [1.82, 2.24) is 19.8 Å². The fraction of sp³-hybridized carbons (Fsp3) is 0.409. The Morgan fingerprint density at radius 1 is 1.19 bits per heavy atom. The van der Waals surface area contributed by atoms with E-state index < -0.39 is 5.60 Å². The van der Waals surface area contributed by atoms with Gasteiger partial charge in [0.2, 0.25) is 0 Å². The topological polar surface area (TPSA) is 78.5 Å². The van der Waals surface area contributed by atoms with Crippen LogP contribution in [0, 0.1) is 5.82 Å². The Kier molecular flexibility index (Phi) is 5.81. The molecule has 3 aromatic rings. The van der Waals surface area contributed by atoms with Crippen molar-refractivity contribution in [2.24, 2.45) is 0 Å². The number of nitrogens with one attached hydrogen (secondary N) is 1.